The van der Waals surface area contributed by atoms with E-state index in [1.807, 2.05) is 53.4 Å². The number of hydrogen-bond donors (Lipinski definition) is 0. The Morgan fingerprint density at radius 2 is 1.55 bits per heavy atom. The van der Waals surface area contributed by atoms with E-state index in [1.54, 1.807) is 7.11 Å². The highest BCUT2D eigenvalue weighted by Gasteiger charge is 2.47. The second-order valence-electron chi connectivity index (χ2n) is 9.67. The molecule has 3 aliphatic rings. The van der Waals surface area contributed by atoms with Crippen LogP contribution in [0.1, 0.15) is 84.8 Å². The Labute approximate surface area is 196 Å². The number of carbonyl (C=O) groups is 2. The SMILES string of the molecule is COc1ccc(C2C(C(=O)N3CCCCC3)c3ccccc3C(=O)N2C2CCCCC2)cc1. The standard InChI is InChI=1S/C28H34N2O3/c1-33-22-16-14-20(15-17-22)26-25(28(32)29-18-8-3-9-19-29)23-12-6-7-13-24(23)27(31)30(26)21-10-4-2-5-11-21/h6-7,12-17,21,25-26H,2-5,8-11,18-19H2,1H3. The number of rotatable bonds is 4. The smallest absolute Gasteiger partial charge is 0.254 e. The van der Waals surface area contributed by atoms with E-state index in [0.717, 1.165) is 68.5 Å². The maximum Gasteiger partial charge on any atom is 0.254 e. The Hall–Kier alpha value is -2.82. The molecule has 0 radical (unpaired) electrons. The number of benzene rings is 2. The van der Waals surface area contributed by atoms with Gasteiger partial charge in [0.25, 0.3) is 5.91 Å². The van der Waals surface area contributed by atoms with Crippen LogP contribution in [0.25, 0.3) is 0 Å². The molecule has 0 N–H and O–H groups in total. The summed E-state index contributed by atoms with van der Waals surface area (Å²) >= 11 is 0. The van der Waals surface area contributed by atoms with E-state index in [1.165, 1.54) is 12.8 Å². The molecule has 1 saturated heterocycles. The van der Waals surface area contributed by atoms with Crippen molar-refractivity contribution >= 4 is 11.8 Å². The van der Waals surface area contributed by atoms with Crippen LogP contribution in [-0.4, -0.2) is 47.9 Å². The number of likely N-dealkylation sites (tertiary alicyclic amines) is 1. The van der Waals surface area contributed by atoms with Crippen LogP contribution in [0.4, 0.5) is 0 Å². The molecule has 1 saturated carbocycles. The number of amides is 2. The third-order valence-corrected chi connectivity index (χ3v) is 7.74. The second kappa shape index (κ2) is 9.58. The van der Waals surface area contributed by atoms with Crippen molar-refractivity contribution in [3.8, 4) is 5.75 Å². The fourth-order valence-corrected chi connectivity index (χ4v) is 6.04. The van der Waals surface area contributed by atoms with Crippen LogP contribution in [0.15, 0.2) is 48.5 Å². The molecule has 0 spiro atoms. The van der Waals surface area contributed by atoms with Gasteiger partial charge < -0.3 is 14.5 Å². The van der Waals surface area contributed by atoms with Gasteiger partial charge in [-0.3, -0.25) is 9.59 Å². The summed E-state index contributed by atoms with van der Waals surface area (Å²) < 4.78 is 5.39. The van der Waals surface area contributed by atoms with E-state index < -0.39 is 0 Å². The van der Waals surface area contributed by atoms with Gasteiger partial charge in [0.05, 0.1) is 19.1 Å². The van der Waals surface area contributed by atoms with Crippen LogP contribution < -0.4 is 4.74 Å². The zero-order chi connectivity index (χ0) is 22.8. The zero-order valence-electron chi connectivity index (χ0n) is 19.5. The van der Waals surface area contributed by atoms with Crippen LogP contribution in [0.5, 0.6) is 5.75 Å². The first kappa shape index (κ1) is 22.0. The molecule has 0 bridgehead atoms. The summed E-state index contributed by atoms with van der Waals surface area (Å²) in [5.74, 6) is 0.633. The van der Waals surface area contributed by atoms with Crippen LogP contribution in [0.2, 0.25) is 0 Å². The van der Waals surface area contributed by atoms with Gasteiger partial charge in [0.15, 0.2) is 0 Å². The molecule has 0 aromatic heterocycles. The van der Waals surface area contributed by atoms with E-state index in [-0.39, 0.29) is 29.8 Å². The fraction of sp³-hybridized carbons (Fsp3) is 0.500. The van der Waals surface area contributed by atoms with Gasteiger partial charge in [0.1, 0.15) is 5.75 Å². The average molecular weight is 447 g/mol. The summed E-state index contributed by atoms with van der Waals surface area (Å²) in [7, 11) is 1.66. The average Bonchev–Trinajstić information content (AvgIpc) is 2.89. The van der Waals surface area contributed by atoms with Crippen LogP contribution in [0, 0.1) is 0 Å². The highest BCUT2D eigenvalue weighted by atomic mass is 16.5. The predicted octanol–water partition coefficient (Wildman–Crippen LogP) is 5.32. The molecule has 2 fully saturated rings. The maximum absolute atomic E-state index is 14.1. The highest BCUT2D eigenvalue weighted by Crippen LogP contribution is 2.46. The number of methoxy groups -OCH3 is 1. The van der Waals surface area contributed by atoms with Gasteiger partial charge in [-0.2, -0.15) is 0 Å². The number of piperidine rings is 1. The number of carbonyl (C=O) groups excluding carboxylic acids is 2. The monoisotopic (exact) mass is 446 g/mol. The largest absolute Gasteiger partial charge is 0.497 e. The molecule has 1 aliphatic carbocycles. The summed E-state index contributed by atoms with van der Waals surface area (Å²) in [6.07, 6.45) is 8.79. The lowest BCUT2D eigenvalue weighted by atomic mass is 9.76. The Morgan fingerprint density at radius 3 is 2.24 bits per heavy atom. The molecule has 5 nitrogen and oxygen atoms in total. The van der Waals surface area contributed by atoms with E-state index in [0.29, 0.717) is 5.56 Å². The van der Waals surface area contributed by atoms with E-state index in [4.69, 9.17) is 4.74 Å². The minimum Gasteiger partial charge on any atom is -0.497 e. The molecule has 2 amide bonds. The van der Waals surface area contributed by atoms with Crippen LogP contribution in [-0.2, 0) is 4.79 Å². The lowest BCUT2D eigenvalue weighted by Crippen LogP contribution is -2.53. The highest BCUT2D eigenvalue weighted by molar-refractivity contribution is 6.01. The van der Waals surface area contributed by atoms with Gasteiger partial charge in [0.2, 0.25) is 5.91 Å². The summed E-state index contributed by atoms with van der Waals surface area (Å²) in [6, 6.07) is 15.6. The van der Waals surface area contributed by atoms with E-state index in [9.17, 15) is 9.59 Å². The minimum atomic E-state index is -0.382. The van der Waals surface area contributed by atoms with Gasteiger partial charge >= 0.3 is 0 Å². The third kappa shape index (κ3) is 4.14. The Bertz CT molecular complexity index is 990. The molecule has 33 heavy (non-hydrogen) atoms. The first-order chi connectivity index (χ1) is 16.2. The van der Waals surface area contributed by atoms with Gasteiger partial charge in [-0.15, -0.1) is 0 Å². The molecule has 174 valence electrons. The van der Waals surface area contributed by atoms with Gasteiger partial charge in [-0.05, 0) is 61.4 Å². The van der Waals surface area contributed by atoms with Crippen molar-refractivity contribution in [3.05, 3.63) is 65.2 Å². The zero-order valence-corrected chi connectivity index (χ0v) is 19.5. The quantitative estimate of drug-likeness (QED) is 0.639. The van der Waals surface area contributed by atoms with Crippen molar-refractivity contribution in [3.63, 3.8) is 0 Å². The normalized spacial score (nSPS) is 23.8. The molecule has 5 rings (SSSR count). The van der Waals surface area contributed by atoms with Crippen molar-refractivity contribution < 1.29 is 14.3 Å². The molecule has 2 aliphatic heterocycles. The van der Waals surface area contributed by atoms with E-state index in [2.05, 4.69) is 4.90 Å². The first-order valence-electron chi connectivity index (χ1n) is 12.5. The van der Waals surface area contributed by atoms with Gasteiger partial charge in [-0.1, -0.05) is 49.6 Å². The molecule has 2 unspecified atom stereocenters. The topological polar surface area (TPSA) is 49.9 Å². The Kier molecular flexibility index (Phi) is 6.39. The summed E-state index contributed by atoms with van der Waals surface area (Å²) in [6.45, 7) is 1.62. The lowest BCUT2D eigenvalue weighted by Gasteiger charge is -2.48. The van der Waals surface area contributed by atoms with Crippen LogP contribution in [0.3, 0.4) is 0 Å². The van der Waals surface area contributed by atoms with Crippen molar-refractivity contribution in [2.24, 2.45) is 0 Å². The lowest BCUT2D eigenvalue weighted by molar-refractivity contribution is -0.135. The Morgan fingerprint density at radius 1 is 0.879 bits per heavy atom. The number of nitrogens with zero attached hydrogens (tertiary/aromatic N) is 2. The minimum absolute atomic E-state index is 0.0704. The first-order valence-corrected chi connectivity index (χ1v) is 12.5. The van der Waals surface area contributed by atoms with E-state index >= 15 is 0 Å². The molecule has 2 heterocycles. The third-order valence-electron chi connectivity index (χ3n) is 7.74. The van der Waals surface area contributed by atoms with Crippen molar-refractivity contribution in [2.75, 3.05) is 20.2 Å². The van der Waals surface area contributed by atoms with Crippen molar-refractivity contribution in [1.29, 1.82) is 0 Å². The predicted molar refractivity (Wildman–Crippen MR) is 128 cm³/mol. The Balaban J connectivity index is 1.64. The molecule has 2 atom stereocenters. The van der Waals surface area contributed by atoms with Crippen molar-refractivity contribution in [2.45, 2.75) is 69.4 Å². The molecular weight excluding hydrogens is 412 g/mol. The number of fused-ring (bicyclic) bond motifs is 1. The number of hydrogen-bond acceptors (Lipinski definition) is 3. The van der Waals surface area contributed by atoms with Gasteiger partial charge in [0, 0.05) is 24.7 Å². The summed E-state index contributed by atoms with van der Waals surface area (Å²) in [5.41, 5.74) is 2.59. The van der Waals surface area contributed by atoms with Gasteiger partial charge in [-0.25, -0.2) is 0 Å². The van der Waals surface area contributed by atoms with Crippen LogP contribution >= 0.6 is 0 Å². The maximum atomic E-state index is 14.1. The number of ether oxygens (including phenoxy) is 1. The molecule has 2 aromatic rings. The second-order valence-corrected chi connectivity index (χ2v) is 9.67. The van der Waals surface area contributed by atoms with Crippen molar-refractivity contribution in [1.82, 2.24) is 9.80 Å². The summed E-state index contributed by atoms with van der Waals surface area (Å²) in [4.78, 5) is 32.2. The molecular formula is C28H34N2O3. The molecule has 2 aromatic carbocycles. The fourth-order valence-electron chi connectivity index (χ4n) is 6.04. The molecule has 5 heteroatoms. The summed E-state index contributed by atoms with van der Waals surface area (Å²) in [5, 5.41) is 0.